The molecule has 0 radical (unpaired) electrons. The molecule has 0 bridgehead atoms. The average molecular weight is 442 g/mol. The Kier molecular flexibility index (Phi) is 5.50. The highest BCUT2D eigenvalue weighted by atomic mass is 19.4. The molecule has 1 N–H and O–H groups in total. The van der Waals surface area contributed by atoms with Gasteiger partial charge in [0, 0.05) is 17.7 Å². The fourth-order valence-electron chi connectivity index (χ4n) is 3.68. The molecule has 0 saturated heterocycles. The molecule has 1 amide bonds. The molecule has 0 saturated carbocycles. The van der Waals surface area contributed by atoms with E-state index in [-0.39, 0.29) is 11.4 Å². The fourth-order valence-corrected chi connectivity index (χ4v) is 3.68. The number of hydrogen-bond acceptors (Lipinski definition) is 4. The molecule has 0 fully saturated rings. The molecule has 1 atom stereocenters. The Hall–Kier alpha value is -3.62. The van der Waals surface area contributed by atoms with Crippen molar-refractivity contribution < 1.29 is 23.1 Å². The van der Waals surface area contributed by atoms with Crippen LogP contribution < -0.4 is 0 Å². The lowest BCUT2D eigenvalue weighted by Gasteiger charge is -2.23. The van der Waals surface area contributed by atoms with Crippen molar-refractivity contribution in [2.45, 2.75) is 39.0 Å². The molecule has 32 heavy (non-hydrogen) atoms. The number of amides is 1. The van der Waals surface area contributed by atoms with E-state index in [4.69, 9.17) is 0 Å². The Morgan fingerprint density at radius 1 is 1.12 bits per heavy atom. The molecule has 1 aliphatic heterocycles. The van der Waals surface area contributed by atoms with Crippen LogP contribution in [0.4, 0.5) is 13.2 Å². The largest absolute Gasteiger partial charge is 0.508 e. The number of aromatic nitrogens is 2. The van der Waals surface area contributed by atoms with Gasteiger partial charge in [-0.05, 0) is 31.5 Å². The summed E-state index contributed by atoms with van der Waals surface area (Å²) in [4.78, 5) is 13.1. The van der Waals surface area contributed by atoms with Gasteiger partial charge >= 0.3 is 6.18 Å². The number of hydrogen-bond donors (Lipinski definition) is 1. The molecule has 4 rings (SSSR count). The van der Waals surface area contributed by atoms with Crippen LogP contribution in [0, 0.1) is 13.8 Å². The summed E-state index contributed by atoms with van der Waals surface area (Å²) in [7, 11) is 0. The highest BCUT2D eigenvalue weighted by Crippen LogP contribution is 2.37. The molecule has 6 nitrogen and oxygen atoms in total. The van der Waals surface area contributed by atoms with Gasteiger partial charge in [-0.25, -0.2) is 5.01 Å². The van der Waals surface area contributed by atoms with E-state index in [1.165, 1.54) is 18.0 Å². The van der Waals surface area contributed by atoms with E-state index in [2.05, 4.69) is 10.2 Å². The van der Waals surface area contributed by atoms with Crippen LogP contribution in [0.2, 0.25) is 0 Å². The lowest BCUT2D eigenvalue weighted by Crippen LogP contribution is -2.31. The molecule has 9 heteroatoms. The number of rotatable bonds is 4. The van der Waals surface area contributed by atoms with Crippen LogP contribution in [0.5, 0.6) is 5.75 Å². The van der Waals surface area contributed by atoms with Gasteiger partial charge in [0.2, 0.25) is 0 Å². The Morgan fingerprint density at radius 2 is 1.81 bits per heavy atom. The van der Waals surface area contributed by atoms with E-state index in [1.54, 1.807) is 18.2 Å². The predicted molar refractivity (Wildman–Crippen MR) is 112 cm³/mol. The quantitative estimate of drug-likeness (QED) is 0.642. The summed E-state index contributed by atoms with van der Waals surface area (Å²) in [5, 5.41) is 19.6. The third kappa shape index (κ3) is 4.23. The molecule has 0 spiro atoms. The van der Waals surface area contributed by atoms with Gasteiger partial charge in [-0.15, -0.1) is 0 Å². The molecular formula is C23H21F3N4O2. The number of phenols is 1. The van der Waals surface area contributed by atoms with E-state index in [0.717, 1.165) is 21.9 Å². The minimum absolute atomic E-state index is 0.0188. The number of nitrogens with zero attached hydrogens (tertiary/aromatic N) is 4. The lowest BCUT2D eigenvalue weighted by molar-refractivity contribution is -0.142. The van der Waals surface area contributed by atoms with E-state index >= 15 is 0 Å². The van der Waals surface area contributed by atoms with Crippen LogP contribution in [-0.2, 0) is 17.5 Å². The van der Waals surface area contributed by atoms with Crippen molar-refractivity contribution in [2.75, 3.05) is 0 Å². The molecular weight excluding hydrogens is 421 g/mol. The first kappa shape index (κ1) is 21.6. The van der Waals surface area contributed by atoms with Crippen LogP contribution in [0.1, 0.15) is 40.5 Å². The Labute approximate surface area is 182 Å². The number of aryl methyl sites for hydroxylation is 2. The van der Waals surface area contributed by atoms with Gasteiger partial charge in [0.1, 0.15) is 12.3 Å². The molecule has 166 valence electrons. The first-order chi connectivity index (χ1) is 15.1. The van der Waals surface area contributed by atoms with Gasteiger partial charge in [0.15, 0.2) is 5.69 Å². The van der Waals surface area contributed by atoms with Crippen LogP contribution in [0.25, 0.3) is 0 Å². The molecule has 1 aromatic heterocycles. The van der Waals surface area contributed by atoms with Gasteiger partial charge < -0.3 is 5.11 Å². The van der Waals surface area contributed by atoms with Crippen LogP contribution in [-0.4, -0.2) is 31.5 Å². The summed E-state index contributed by atoms with van der Waals surface area (Å²) in [5.41, 5.74) is 2.24. The molecule has 2 aromatic carbocycles. The SMILES string of the molecule is Cc1ccc(C2=NN(C(=O)Cn3nc(C(F)(F)F)cc3C)[C@@H](c3ccccc3O)C2)cc1. The third-order valence-electron chi connectivity index (χ3n) is 5.40. The summed E-state index contributed by atoms with van der Waals surface area (Å²) < 4.78 is 40.0. The second kappa shape index (κ2) is 8.14. The van der Waals surface area contributed by atoms with Crippen LogP contribution in [0.15, 0.2) is 59.7 Å². The van der Waals surface area contributed by atoms with E-state index in [0.29, 0.717) is 17.7 Å². The average Bonchev–Trinajstić information content (AvgIpc) is 3.33. The van der Waals surface area contributed by atoms with Gasteiger partial charge in [-0.2, -0.15) is 23.4 Å². The number of para-hydroxylation sites is 1. The number of aromatic hydroxyl groups is 1. The highest BCUT2D eigenvalue weighted by molar-refractivity contribution is 6.03. The zero-order chi connectivity index (χ0) is 23.0. The summed E-state index contributed by atoms with van der Waals surface area (Å²) in [5.74, 6) is -0.509. The monoisotopic (exact) mass is 442 g/mol. The number of hydrazone groups is 1. The minimum Gasteiger partial charge on any atom is -0.508 e. The number of carbonyl (C=O) groups excluding carboxylic acids is 1. The van der Waals surface area contributed by atoms with Crippen molar-refractivity contribution in [2.24, 2.45) is 5.10 Å². The van der Waals surface area contributed by atoms with Crippen molar-refractivity contribution >= 4 is 11.6 Å². The second-order valence-corrected chi connectivity index (χ2v) is 7.76. The topological polar surface area (TPSA) is 70.7 Å². The maximum Gasteiger partial charge on any atom is 0.435 e. The predicted octanol–water partition coefficient (Wildman–Crippen LogP) is 4.60. The van der Waals surface area contributed by atoms with Gasteiger partial charge in [-0.3, -0.25) is 9.48 Å². The number of phenolic OH excluding ortho intramolecular Hbond substituents is 1. The summed E-state index contributed by atoms with van der Waals surface area (Å²) in [6, 6.07) is 14.6. The molecule has 1 aliphatic rings. The molecule has 2 heterocycles. The zero-order valence-electron chi connectivity index (χ0n) is 17.5. The lowest BCUT2D eigenvalue weighted by atomic mass is 9.97. The Balaban J connectivity index is 1.67. The van der Waals surface area contributed by atoms with E-state index < -0.39 is 30.4 Å². The minimum atomic E-state index is -4.60. The second-order valence-electron chi connectivity index (χ2n) is 7.76. The Morgan fingerprint density at radius 3 is 2.44 bits per heavy atom. The number of alkyl halides is 3. The van der Waals surface area contributed by atoms with Crippen molar-refractivity contribution in [3.8, 4) is 5.75 Å². The van der Waals surface area contributed by atoms with Crippen molar-refractivity contribution in [1.82, 2.24) is 14.8 Å². The number of carbonyl (C=O) groups is 1. The number of halogens is 3. The Bertz CT molecular complexity index is 1180. The van der Waals surface area contributed by atoms with E-state index in [9.17, 15) is 23.1 Å². The van der Waals surface area contributed by atoms with Gasteiger partial charge in [0.25, 0.3) is 5.91 Å². The maximum atomic E-state index is 13.1. The zero-order valence-corrected chi connectivity index (χ0v) is 17.5. The number of benzene rings is 2. The van der Waals surface area contributed by atoms with E-state index in [1.807, 2.05) is 31.2 Å². The van der Waals surface area contributed by atoms with Crippen molar-refractivity contribution in [3.63, 3.8) is 0 Å². The molecule has 3 aromatic rings. The summed E-state index contributed by atoms with van der Waals surface area (Å²) in [6.07, 6.45) is -4.24. The normalized spacial score (nSPS) is 16.3. The molecule has 0 unspecified atom stereocenters. The van der Waals surface area contributed by atoms with Crippen LogP contribution >= 0.6 is 0 Å². The highest BCUT2D eigenvalue weighted by Gasteiger charge is 2.37. The third-order valence-corrected chi connectivity index (χ3v) is 5.40. The smallest absolute Gasteiger partial charge is 0.435 e. The summed E-state index contributed by atoms with van der Waals surface area (Å²) >= 11 is 0. The van der Waals surface area contributed by atoms with Crippen molar-refractivity contribution in [1.29, 1.82) is 0 Å². The van der Waals surface area contributed by atoms with Crippen molar-refractivity contribution in [3.05, 3.63) is 82.7 Å². The first-order valence-corrected chi connectivity index (χ1v) is 9.99. The first-order valence-electron chi connectivity index (χ1n) is 9.99. The van der Waals surface area contributed by atoms with Gasteiger partial charge in [0.05, 0.1) is 11.8 Å². The summed E-state index contributed by atoms with van der Waals surface area (Å²) in [6.45, 7) is 3.01. The van der Waals surface area contributed by atoms with Gasteiger partial charge in [-0.1, -0.05) is 48.0 Å². The standard InChI is InChI=1S/C23H21F3N4O2/c1-14-7-9-16(10-8-14)18-12-19(17-5-3-4-6-20(17)31)30(27-18)22(32)13-29-15(2)11-21(28-29)23(24,25)26/h3-11,19,31H,12-13H2,1-2H3/t19-/m1/s1. The van der Waals surface area contributed by atoms with Crippen LogP contribution in [0.3, 0.4) is 0 Å². The maximum absolute atomic E-state index is 13.1. The molecule has 0 aliphatic carbocycles. The fraction of sp³-hybridized carbons (Fsp3) is 0.261.